The molecule has 0 saturated carbocycles. The lowest BCUT2D eigenvalue weighted by molar-refractivity contribution is -0.385. The van der Waals surface area contributed by atoms with Crippen LogP contribution in [0, 0.1) is 10.1 Å². The summed E-state index contributed by atoms with van der Waals surface area (Å²) in [6.07, 6.45) is 3.54. The lowest BCUT2D eigenvalue weighted by Gasteiger charge is -2.32. The summed E-state index contributed by atoms with van der Waals surface area (Å²) in [6.45, 7) is 2.63. The van der Waals surface area contributed by atoms with E-state index in [0.29, 0.717) is 13.0 Å². The fourth-order valence-corrected chi connectivity index (χ4v) is 2.95. The van der Waals surface area contributed by atoms with E-state index in [9.17, 15) is 20.0 Å². The van der Waals surface area contributed by atoms with Gasteiger partial charge in [-0.25, -0.2) is 0 Å². The molecular weight excluding hydrogens is 272 g/mol. The SMILES string of the molecule is CC(c1cccc([N+](=O)[O-])c1)N1CCCCCC1C(=O)O. The normalized spacial score (nSPS) is 21.5. The van der Waals surface area contributed by atoms with Gasteiger partial charge in [0.2, 0.25) is 0 Å². The van der Waals surface area contributed by atoms with Gasteiger partial charge in [-0.3, -0.25) is 19.8 Å². The second-order valence-corrected chi connectivity index (χ2v) is 5.47. The first kappa shape index (κ1) is 15.4. The zero-order valence-electron chi connectivity index (χ0n) is 12.1. The molecule has 1 aromatic carbocycles. The molecule has 0 radical (unpaired) electrons. The van der Waals surface area contributed by atoms with Gasteiger partial charge >= 0.3 is 5.97 Å². The van der Waals surface area contributed by atoms with Crippen molar-refractivity contribution in [3.63, 3.8) is 0 Å². The molecule has 1 aliphatic rings. The standard InChI is InChI=1S/C15H20N2O4/c1-11(12-6-5-7-13(10-12)17(20)21)16-9-4-2-3-8-14(16)15(18)19/h5-7,10-11,14H,2-4,8-9H2,1H3,(H,18,19). The number of nitro groups is 1. The first-order chi connectivity index (χ1) is 10.0. The minimum absolute atomic E-state index is 0.0426. The van der Waals surface area contributed by atoms with Crippen LogP contribution in [0.5, 0.6) is 0 Å². The molecule has 0 aromatic heterocycles. The maximum absolute atomic E-state index is 11.5. The summed E-state index contributed by atoms with van der Waals surface area (Å²) in [7, 11) is 0. The third-order valence-electron chi connectivity index (χ3n) is 4.14. The molecule has 114 valence electrons. The van der Waals surface area contributed by atoms with E-state index in [0.717, 1.165) is 24.8 Å². The summed E-state index contributed by atoms with van der Waals surface area (Å²) in [5.74, 6) is -0.811. The summed E-state index contributed by atoms with van der Waals surface area (Å²) in [6, 6.07) is 5.80. The topological polar surface area (TPSA) is 83.7 Å². The molecule has 6 nitrogen and oxygen atoms in total. The van der Waals surface area contributed by atoms with Crippen LogP contribution in [-0.2, 0) is 4.79 Å². The molecule has 0 bridgehead atoms. The zero-order chi connectivity index (χ0) is 15.4. The van der Waals surface area contributed by atoms with Crippen LogP contribution in [0.25, 0.3) is 0 Å². The molecule has 1 saturated heterocycles. The van der Waals surface area contributed by atoms with Crippen molar-refractivity contribution in [3.05, 3.63) is 39.9 Å². The Morgan fingerprint density at radius 3 is 2.86 bits per heavy atom. The second-order valence-electron chi connectivity index (χ2n) is 5.47. The molecule has 2 unspecified atom stereocenters. The third kappa shape index (κ3) is 3.58. The Morgan fingerprint density at radius 1 is 1.43 bits per heavy atom. The van der Waals surface area contributed by atoms with Crippen molar-refractivity contribution >= 4 is 11.7 Å². The van der Waals surface area contributed by atoms with E-state index in [1.54, 1.807) is 6.07 Å². The number of rotatable bonds is 4. The maximum Gasteiger partial charge on any atom is 0.320 e. The minimum Gasteiger partial charge on any atom is -0.480 e. The predicted octanol–water partition coefficient (Wildman–Crippen LogP) is 2.99. The van der Waals surface area contributed by atoms with E-state index in [4.69, 9.17) is 0 Å². The largest absolute Gasteiger partial charge is 0.480 e. The van der Waals surface area contributed by atoms with Crippen molar-refractivity contribution in [2.24, 2.45) is 0 Å². The summed E-state index contributed by atoms with van der Waals surface area (Å²) in [4.78, 5) is 23.9. The lowest BCUT2D eigenvalue weighted by Crippen LogP contribution is -2.42. The second kappa shape index (κ2) is 6.67. The molecule has 2 atom stereocenters. The van der Waals surface area contributed by atoms with E-state index in [1.165, 1.54) is 12.1 Å². The van der Waals surface area contributed by atoms with Crippen LogP contribution in [0.15, 0.2) is 24.3 Å². The van der Waals surface area contributed by atoms with Crippen LogP contribution in [0.3, 0.4) is 0 Å². The summed E-state index contributed by atoms with van der Waals surface area (Å²) < 4.78 is 0. The summed E-state index contributed by atoms with van der Waals surface area (Å²) in [5.41, 5.74) is 0.832. The van der Waals surface area contributed by atoms with Crippen LogP contribution in [-0.4, -0.2) is 33.5 Å². The van der Waals surface area contributed by atoms with Gasteiger partial charge in [0.15, 0.2) is 0 Å². The van der Waals surface area contributed by atoms with Crippen LogP contribution in [0.1, 0.15) is 44.2 Å². The van der Waals surface area contributed by atoms with Crippen LogP contribution < -0.4 is 0 Å². The Labute approximate surface area is 123 Å². The Bertz CT molecular complexity index is 532. The Morgan fingerprint density at radius 2 is 2.19 bits per heavy atom. The van der Waals surface area contributed by atoms with Gasteiger partial charge in [-0.05, 0) is 31.9 Å². The number of carboxylic acids is 1. The van der Waals surface area contributed by atoms with Gasteiger partial charge in [-0.2, -0.15) is 0 Å². The lowest BCUT2D eigenvalue weighted by atomic mass is 10.0. The highest BCUT2D eigenvalue weighted by molar-refractivity contribution is 5.73. The molecule has 21 heavy (non-hydrogen) atoms. The van der Waals surface area contributed by atoms with E-state index in [-0.39, 0.29) is 11.7 Å². The highest BCUT2D eigenvalue weighted by atomic mass is 16.6. The molecule has 1 aliphatic heterocycles. The molecule has 1 fully saturated rings. The van der Waals surface area contributed by atoms with Gasteiger partial charge in [-0.15, -0.1) is 0 Å². The van der Waals surface area contributed by atoms with Crippen LogP contribution in [0.2, 0.25) is 0 Å². The van der Waals surface area contributed by atoms with Crippen molar-refractivity contribution in [3.8, 4) is 0 Å². The number of hydrogen-bond acceptors (Lipinski definition) is 4. The fourth-order valence-electron chi connectivity index (χ4n) is 2.95. The average Bonchev–Trinajstić information content (AvgIpc) is 2.72. The smallest absolute Gasteiger partial charge is 0.320 e. The Balaban J connectivity index is 2.27. The van der Waals surface area contributed by atoms with Gasteiger partial charge in [0, 0.05) is 18.2 Å². The number of carbonyl (C=O) groups is 1. The van der Waals surface area contributed by atoms with Crippen LogP contribution >= 0.6 is 0 Å². The molecule has 0 spiro atoms. The van der Waals surface area contributed by atoms with Crippen molar-refractivity contribution in [1.29, 1.82) is 0 Å². The highest BCUT2D eigenvalue weighted by Crippen LogP contribution is 2.29. The molecule has 1 N–H and O–H groups in total. The number of likely N-dealkylation sites (tertiary alicyclic amines) is 1. The molecule has 1 heterocycles. The van der Waals surface area contributed by atoms with E-state index in [2.05, 4.69) is 0 Å². The Kier molecular flexibility index (Phi) is 4.90. The highest BCUT2D eigenvalue weighted by Gasteiger charge is 2.31. The van der Waals surface area contributed by atoms with Crippen molar-refractivity contribution in [2.45, 2.75) is 44.7 Å². The number of nitrogens with zero attached hydrogens (tertiary/aromatic N) is 2. The average molecular weight is 292 g/mol. The van der Waals surface area contributed by atoms with Gasteiger partial charge in [0.1, 0.15) is 6.04 Å². The molecule has 6 heteroatoms. The quantitative estimate of drug-likeness (QED) is 0.681. The molecule has 0 aliphatic carbocycles. The molecule has 2 rings (SSSR count). The number of non-ortho nitro benzene ring substituents is 1. The van der Waals surface area contributed by atoms with Gasteiger partial charge < -0.3 is 5.11 Å². The van der Waals surface area contributed by atoms with Gasteiger partial charge in [0.25, 0.3) is 5.69 Å². The third-order valence-corrected chi connectivity index (χ3v) is 4.14. The number of hydrogen-bond donors (Lipinski definition) is 1. The van der Waals surface area contributed by atoms with Gasteiger partial charge in [-0.1, -0.05) is 25.0 Å². The summed E-state index contributed by atoms with van der Waals surface area (Å²) >= 11 is 0. The minimum atomic E-state index is -0.811. The van der Waals surface area contributed by atoms with Crippen LogP contribution in [0.4, 0.5) is 5.69 Å². The fraction of sp³-hybridized carbons (Fsp3) is 0.533. The number of aliphatic carboxylic acids is 1. The van der Waals surface area contributed by atoms with Crippen molar-refractivity contribution in [1.82, 2.24) is 4.90 Å². The number of benzene rings is 1. The Hall–Kier alpha value is -1.95. The van der Waals surface area contributed by atoms with E-state index >= 15 is 0 Å². The van der Waals surface area contributed by atoms with Crippen molar-refractivity contribution < 1.29 is 14.8 Å². The number of nitro benzene ring substituents is 1. The van der Waals surface area contributed by atoms with Gasteiger partial charge in [0.05, 0.1) is 4.92 Å². The van der Waals surface area contributed by atoms with E-state index in [1.807, 2.05) is 17.9 Å². The zero-order valence-corrected chi connectivity index (χ0v) is 12.1. The summed E-state index contributed by atoms with van der Waals surface area (Å²) in [5, 5.41) is 20.3. The first-order valence-electron chi connectivity index (χ1n) is 7.23. The monoisotopic (exact) mass is 292 g/mol. The number of carboxylic acid groups (broad SMARTS) is 1. The first-order valence-corrected chi connectivity index (χ1v) is 7.23. The van der Waals surface area contributed by atoms with E-state index < -0.39 is 16.9 Å². The molecule has 0 amide bonds. The maximum atomic E-state index is 11.5. The molecular formula is C15H20N2O4. The van der Waals surface area contributed by atoms with Crippen molar-refractivity contribution in [2.75, 3.05) is 6.54 Å². The predicted molar refractivity (Wildman–Crippen MR) is 78.1 cm³/mol. The molecule has 1 aromatic rings.